The first kappa shape index (κ1) is 27.6. The highest BCUT2D eigenvalue weighted by Gasteiger charge is 2.39. The second-order valence-corrected chi connectivity index (χ2v) is 11.0. The topological polar surface area (TPSA) is 120 Å². The average molecular weight is 489 g/mol. The Hall–Kier alpha value is -2.65. The van der Waals surface area contributed by atoms with Crippen molar-refractivity contribution in [2.75, 3.05) is 7.05 Å². The van der Waals surface area contributed by atoms with E-state index in [-0.39, 0.29) is 11.8 Å². The summed E-state index contributed by atoms with van der Waals surface area (Å²) in [5.41, 5.74) is 2.96. The fourth-order valence-electron chi connectivity index (χ4n) is 3.85. The van der Waals surface area contributed by atoms with Gasteiger partial charge in [-0.05, 0) is 29.4 Å². The highest BCUT2D eigenvalue weighted by atomic mass is 32.2. The number of rotatable bonds is 10. The molecule has 2 aromatic rings. The van der Waals surface area contributed by atoms with Crippen molar-refractivity contribution >= 4 is 40.4 Å². The van der Waals surface area contributed by atoms with Crippen molar-refractivity contribution in [2.24, 2.45) is 17.3 Å². The monoisotopic (exact) mass is 488 g/mol. The van der Waals surface area contributed by atoms with Gasteiger partial charge in [0.1, 0.15) is 6.04 Å². The molecule has 1 heterocycles. The number of likely N-dealkylation sites (N-methyl/N-ethyl adjacent to an activating group) is 1. The van der Waals surface area contributed by atoms with Crippen molar-refractivity contribution in [1.29, 1.82) is 0 Å². The van der Waals surface area contributed by atoms with Crippen LogP contribution in [0.25, 0.3) is 10.9 Å². The Kier molecular flexibility index (Phi) is 9.88. The van der Waals surface area contributed by atoms with Crippen molar-refractivity contribution in [3.8, 4) is 0 Å². The molecule has 3 amide bonds. The average Bonchev–Trinajstić information content (AvgIpc) is 2.80. The van der Waals surface area contributed by atoms with Crippen LogP contribution in [0.2, 0.25) is 0 Å². The van der Waals surface area contributed by atoms with E-state index in [1.165, 1.54) is 18.8 Å². The lowest BCUT2D eigenvalue weighted by Gasteiger charge is -2.33. The molecule has 0 bridgehead atoms. The molecule has 0 saturated carbocycles. The van der Waals surface area contributed by atoms with Gasteiger partial charge in [-0.15, -0.1) is 11.8 Å². The van der Waals surface area contributed by atoms with Crippen LogP contribution in [0.1, 0.15) is 46.6 Å². The second kappa shape index (κ2) is 12.2. The Labute approximate surface area is 205 Å². The van der Waals surface area contributed by atoms with Gasteiger partial charge in [-0.3, -0.25) is 24.6 Å². The van der Waals surface area contributed by atoms with Gasteiger partial charge in [-0.2, -0.15) is 0 Å². The summed E-state index contributed by atoms with van der Waals surface area (Å²) in [6.07, 6.45) is 2.13. The molecule has 34 heavy (non-hydrogen) atoms. The molecule has 8 nitrogen and oxygen atoms in total. The van der Waals surface area contributed by atoms with Gasteiger partial charge in [0.25, 0.3) is 5.91 Å². The molecule has 0 aliphatic heterocycles. The van der Waals surface area contributed by atoms with E-state index in [4.69, 9.17) is 0 Å². The number of nitrogens with zero attached hydrogens (tertiary/aromatic N) is 1. The minimum absolute atomic E-state index is 0.109. The van der Waals surface area contributed by atoms with Crippen LogP contribution in [0, 0.1) is 17.3 Å². The van der Waals surface area contributed by atoms with Gasteiger partial charge in [0.15, 0.2) is 0 Å². The van der Waals surface area contributed by atoms with E-state index in [0.717, 1.165) is 16.5 Å². The number of pyridine rings is 1. The number of hydrogen-bond acceptors (Lipinski definition) is 6. The summed E-state index contributed by atoms with van der Waals surface area (Å²) >= 11 is 1.28. The smallest absolute Gasteiger partial charge is 0.257 e. The van der Waals surface area contributed by atoms with Crippen molar-refractivity contribution in [2.45, 2.75) is 58.1 Å². The van der Waals surface area contributed by atoms with Crippen molar-refractivity contribution in [1.82, 2.24) is 21.1 Å². The highest BCUT2D eigenvalue weighted by Crippen LogP contribution is 2.31. The molecule has 0 aliphatic carbocycles. The number of fused-ring (bicyclic) bond motifs is 1. The summed E-state index contributed by atoms with van der Waals surface area (Å²) in [4.78, 5) is 43.1. The van der Waals surface area contributed by atoms with Crippen LogP contribution in [0.3, 0.4) is 0 Å². The maximum atomic E-state index is 13.5. The molecule has 0 saturated heterocycles. The van der Waals surface area contributed by atoms with Crippen LogP contribution in [0.5, 0.6) is 0 Å². The van der Waals surface area contributed by atoms with Crippen LogP contribution in [-0.4, -0.2) is 46.3 Å². The fraction of sp³-hybridized carbons (Fsp3) is 0.520. The number of carbonyl (C=O) groups excluding carboxylic acids is 3. The molecule has 0 fully saturated rings. The molecule has 0 spiro atoms. The van der Waals surface area contributed by atoms with E-state index in [2.05, 4.69) is 15.6 Å². The van der Waals surface area contributed by atoms with Crippen LogP contribution in [0.4, 0.5) is 0 Å². The number of thioether (sulfide) groups is 1. The molecule has 1 aromatic carbocycles. The Morgan fingerprint density at radius 2 is 1.74 bits per heavy atom. The first-order valence-electron chi connectivity index (χ1n) is 11.4. The zero-order valence-electron chi connectivity index (χ0n) is 20.7. The third-order valence-corrected chi connectivity index (χ3v) is 6.97. The summed E-state index contributed by atoms with van der Waals surface area (Å²) in [7, 11) is 1.52. The molecule has 186 valence electrons. The number of hydrogen-bond donors (Lipinski definition) is 4. The molecule has 0 aliphatic rings. The van der Waals surface area contributed by atoms with Crippen molar-refractivity contribution in [3.05, 3.63) is 42.1 Å². The first-order valence-corrected chi connectivity index (χ1v) is 12.4. The standard InChI is InChI=1S/C25H36N4O4S/c1-15(2)13-18(22(30)28-21(24(32)26-6)25(3,4)5)20(23(31)29-33)34-14-17-10-7-9-16-11-8-12-27-19(16)17/h7-12,15,18,20-21,33H,13-14H2,1-6H3,(H,26,32)(H,28,30)(H,29,31)/t18-,20-,21+/m0/s1. The lowest BCUT2D eigenvalue weighted by atomic mass is 9.85. The maximum absolute atomic E-state index is 13.5. The molecule has 1 aromatic heterocycles. The summed E-state index contributed by atoms with van der Waals surface area (Å²) in [5, 5.41) is 15.0. The van der Waals surface area contributed by atoms with E-state index in [9.17, 15) is 19.6 Å². The van der Waals surface area contributed by atoms with Crippen LogP contribution < -0.4 is 16.1 Å². The van der Waals surface area contributed by atoms with Gasteiger partial charge in [-0.25, -0.2) is 5.48 Å². The van der Waals surface area contributed by atoms with Gasteiger partial charge in [-0.1, -0.05) is 58.9 Å². The van der Waals surface area contributed by atoms with Gasteiger partial charge in [0, 0.05) is 24.4 Å². The normalized spacial score (nSPS) is 14.4. The molecular formula is C25H36N4O4S. The number of para-hydroxylation sites is 1. The fourth-order valence-corrected chi connectivity index (χ4v) is 5.11. The third kappa shape index (κ3) is 7.17. The number of amides is 3. The zero-order valence-corrected chi connectivity index (χ0v) is 21.5. The van der Waals surface area contributed by atoms with E-state index in [0.29, 0.717) is 12.2 Å². The predicted molar refractivity (Wildman–Crippen MR) is 135 cm³/mol. The second-order valence-electron chi connectivity index (χ2n) is 9.86. The predicted octanol–water partition coefficient (Wildman–Crippen LogP) is 3.28. The Balaban J connectivity index is 2.35. The maximum Gasteiger partial charge on any atom is 0.257 e. The van der Waals surface area contributed by atoms with Gasteiger partial charge in [0.05, 0.1) is 16.7 Å². The SMILES string of the molecule is CNC(=O)[C@@H](NC(=O)[C@@H](CC(C)C)[C@H](SCc1cccc2cccnc12)C(=O)NO)C(C)(C)C. The molecule has 0 unspecified atom stereocenters. The van der Waals surface area contributed by atoms with E-state index < -0.39 is 34.4 Å². The quantitative estimate of drug-likeness (QED) is 0.301. The highest BCUT2D eigenvalue weighted by molar-refractivity contribution is 7.99. The zero-order chi connectivity index (χ0) is 25.5. The Morgan fingerprint density at radius 3 is 2.32 bits per heavy atom. The van der Waals surface area contributed by atoms with Crippen molar-refractivity contribution < 1.29 is 19.6 Å². The molecule has 0 radical (unpaired) electrons. The van der Waals surface area contributed by atoms with E-state index >= 15 is 0 Å². The first-order chi connectivity index (χ1) is 16.0. The number of aromatic nitrogens is 1. The number of nitrogens with one attached hydrogen (secondary N) is 3. The van der Waals surface area contributed by atoms with Gasteiger partial charge in [0.2, 0.25) is 11.8 Å². The molecular weight excluding hydrogens is 452 g/mol. The summed E-state index contributed by atoms with van der Waals surface area (Å²) in [6.45, 7) is 9.53. The van der Waals surface area contributed by atoms with Crippen LogP contribution >= 0.6 is 11.8 Å². The summed E-state index contributed by atoms with van der Waals surface area (Å²) in [6, 6.07) is 8.89. The lowest BCUT2D eigenvalue weighted by Crippen LogP contribution is -2.56. The summed E-state index contributed by atoms with van der Waals surface area (Å²) < 4.78 is 0. The number of carbonyl (C=O) groups is 3. The molecule has 3 atom stereocenters. The Morgan fingerprint density at radius 1 is 1.06 bits per heavy atom. The minimum Gasteiger partial charge on any atom is -0.357 e. The lowest BCUT2D eigenvalue weighted by molar-refractivity contribution is -0.137. The van der Waals surface area contributed by atoms with E-state index in [1.807, 2.05) is 65.0 Å². The molecule has 9 heteroatoms. The largest absolute Gasteiger partial charge is 0.357 e. The van der Waals surface area contributed by atoms with Gasteiger partial charge >= 0.3 is 0 Å². The number of benzene rings is 1. The van der Waals surface area contributed by atoms with Gasteiger partial charge < -0.3 is 10.6 Å². The van der Waals surface area contributed by atoms with E-state index in [1.54, 1.807) is 11.7 Å². The van der Waals surface area contributed by atoms with Crippen LogP contribution in [-0.2, 0) is 20.1 Å². The van der Waals surface area contributed by atoms with Crippen molar-refractivity contribution in [3.63, 3.8) is 0 Å². The van der Waals surface area contributed by atoms with Crippen LogP contribution in [0.15, 0.2) is 36.5 Å². The third-order valence-electron chi connectivity index (χ3n) is 5.59. The Bertz CT molecular complexity index is 1000. The number of hydroxylamine groups is 1. The molecule has 2 rings (SSSR count). The molecule has 4 N–H and O–H groups in total. The minimum atomic E-state index is -0.864. The summed E-state index contributed by atoms with van der Waals surface area (Å²) in [5.74, 6) is -1.57.